The SMILES string of the molecule is CCOc1ccccc1C1/C(=C(/O)c2ccc(C)cc2)C(=O)C(=O)N1CC1CCCO1. The van der Waals surface area contributed by atoms with E-state index in [0.717, 1.165) is 18.4 Å². The molecule has 0 aromatic heterocycles. The van der Waals surface area contributed by atoms with Gasteiger partial charge in [-0.25, -0.2) is 0 Å². The van der Waals surface area contributed by atoms with E-state index in [1.165, 1.54) is 4.90 Å². The molecule has 0 spiro atoms. The fraction of sp³-hybridized carbons (Fsp3) is 0.360. The molecule has 1 N–H and O–H groups in total. The maximum absolute atomic E-state index is 13.1. The number of Topliss-reactive ketones (excluding diaryl/α,β-unsaturated/α-hetero) is 1. The van der Waals surface area contributed by atoms with Crippen molar-refractivity contribution in [2.75, 3.05) is 19.8 Å². The number of carbonyl (C=O) groups is 2. The van der Waals surface area contributed by atoms with Gasteiger partial charge in [0.05, 0.1) is 24.3 Å². The number of carbonyl (C=O) groups excluding carboxylic acids is 2. The Kier molecular flexibility index (Phi) is 6.09. The zero-order chi connectivity index (χ0) is 22.0. The lowest BCUT2D eigenvalue weighted by atomic mass is 9.94. The standard InChI is InChI=1S/C25H27NO5/c1-3-30-20-9-5-4-8-19(20)22-21(23(27)17-12-10-16(2)11-13-17)24(28)25(29)26(22)15-18-7-6-14-31-18/h4-5,8-13,18,22,27H,3,6-7,14-15H2,1-2H3/b23-21-. The van der Waals surface area contributed by atoms with E-state index in [2.05, 4.69) is 0 Å². The molecule has 2 fully saturated rings. The Balaban J connectivity index is 1.85. The van der Waals surface area contributed by atoms with Gasteiger partial charge >= 0.3 is 0 Å². The van der Waals surface area contributed by atoms with Crippen LogP contribution in [0, 0.1) is 6.92 Å². The molecule has 6 nitrogen and oxygen atoms in total. The molecule has 2 atom stereocenters. The second-order valence-electron chi connectivity index (χ2n) is 7.92. The molecular weight excluding hydrogens is 394 g/mol. The predicted octanol–water partition coefficient (Wildman–Crippen LogP) is 3.99. The van der Waals surface area contributed by atoms with Gasteiger partial charge in [0.15, 0.2) is 0 Å². The van der Waals surface area contributed by atoms with E-state index in [1.54, 1.807) is 12.1 Å². The van der Waals surface area contributed by atoms with Crippen LogP contribution in [0.15, 0.2) is 54.1 Å². The summed E-state index contributed by atoms with van der Waals surface area (Å²) >= 11 is 0. The van der Waals surface area contributed by atoms with Gasteiger partial charge in [-0.05, 0) is 32.8 Å². The maximum atomic E-state index is 13.1. The van der Waals surface area contributed by atoms with Gasteiger partial charge in [0, 0.05) is 24.3 Å². The summed E-state index contributed by atoms with van der Waals surface area (Å²) in [5, 5.41) is 11.1. The van der Waals surface area contributed by atoms with E-state index < -0.39 is 17.7 Å². The number of aliphatic hydroxyl groups excluding tert-OH is 1. The van der Waals surface area contributed by atoms with Gasteiger partial charge in [-0.15, -0.1) is 0 Å². The van der Waals surface area contributed by atoms with Gasteiger partial charge in [-0.2, -0.15) is 0 Å². The summed E-state index contributed by atoms with van der Waals surface area (Å²) in [6.07, 6.45) is 1.64. The Morgan fingerprint density at radius 1 is 1.16 bits per heavy atom. The number of hydrogen-bond acceptors (Lipinski definition) is 5. The first-order chi connectivity index (χ1) is 15.0. The number of aryl methyl sites for hydroxylation is 1. The Morgan fingerprint density at radius 3 is 2.58 bits per heavy atom. The summed E-state index contributed by atoms with van der Waals surface area (Å²) in [6.45, 7) is 5.22. The van der Waals surface area contributed by atoms with Crippen LogP contribution in [0.25, 0.3) is 5.76 Å². The fourth-order valence-electron chi connectivity index (χ4n) is 4.26. The molecule has 2 aliphatic rings. The van der Waals surface area contributed by atoms with Crippen LogP contribution in [-0.2, 0) is 14.3 Å². The Bertz CT molecular complexity index is 1000. The minimum Gasteiger partial charge on any atom is -0.507 e. The molecule has 2 heterocycles. The van der Waals surface area contributed by atoms with Gasteiger partial charge in [0.2, 0.25) is 0 Å². The molecule has 0 bridgehead atoms. The third-order valence-corrected chi connectivity index (χ3v) is 5.80. The van der Waals surface area contributed by atoms with Crippen molar-refractivity contribution in [3.63, 3.8) is 0 Å². The molecule has 2 aromatic rings. The second-order valence-corrected chi connectivity index (χ2v) is 7.92. The minimum atomic E-state index is -0.742. The number of hydrogen-bond donors (Lipinski definition) is 1. The number of ketones is 1. The van der Waals surface area contributed by atoms with Crippen molar-refractivity contribution in [2.45, 2.75) is 38.8 Å². The largest absolute Gasteiger partial charge is 0.507 e. The van der Waals surface area contributed by atoms with E-state index in [9.17, 15) is 14.7 Å². The third kappa shape index (κ3) is 4.08. The van der Waals surface area contributed by atoms with Crippen LogP contribution in [0.4, 0.5) is 0 Å². The van der Waals surface area contributed by atoms with E-state index in [4.69, 9.17) is 9.47 Å². The zero-order valence-corrected chi connectivity index (χ0v) is 17.8. The quantitative estimate of drug-likeness (QED) is 0.434. The van der Waals surface area contributed by atoms with E-state index >= 15 is 0 Å². The first-order valence-corrected chi connectivity index (χ1v) is 10.7. The summed E-state index contributed by atoms with van der Waals surface area (Å²) in [6, 6.07) is 13.8. The summed E-state index contributed by atoms with van der Waals surface area (Å²) in [5.74, 6) is -0.902. The summed E-state index contributed by atoms with van der Waals surface area (Å²) in [4.78, 5) is 27.7. The highest BCUT2D eigenvalue weighted by molar-refractivity contribution is 6.46. The van der Waals surface area contributed by atoms with Crippen LogP contribution in [0.5, 0.6) is 5.75 Å². The van der Waals surface area contributed by atoms with Crippen molar-refractivity contribution >= 4 is 17.4 Å². The molecule has 2 aromatic carbocycles. The number of rotatable bonds is 6. The van der Waals surface area contributed by atoms with E-state index in [1.807, 2.05) is 50.2 Å². The Morgan fingerprint density at radius 2 is 1.90 bits per heavy atom. The van der Waals surface area contributed by atoms with Crippen LogP contribution in [0.1, 0.15) is 42.5 Å². The summed E-state index contributed by atoms with van der Waals surface area (Å²) in [7, 11) is 0. The van der Waals surface area contributed by atoms with Crippen molar-refractivity contribution < 1.29 is 24.2 Å². The highest BCUT2D eigenvalue weighted by Gasteiger charge is 2.47. The molecular formula is C25H27NO5. The van der Waals surface area contributed by atoms with Gasteiger partial charge in [-0.1, -0.05) is 48.0 Å². The maximum Gasteiger partial charge on any atom is 0.295 e. The first kappa shape index (κ1) is 21.1. The highest BCUT2D eigenvalue weighted by atomic mass is 16.5. The van der Waals surface area contributed by atoms with Crippen LogP contribution < -0.4 is 4.74 Å². The second kappa shape index (κ2) is 8.94. The smallest absolute Gasteiger partial charge is 0.295 e. The molecule has 6 heteroatoms. The van der Waals surface area contributed by atoms with Gasteiger partial charge in [0.25, 0.3) is 11.7 Å². The van der Waals surface area contributed by atoms with Crippen LogP contribution in [0.2, 0.25) is 0 Å². The van der Waals surface area contributed by atoms with Crippen LogP contribution in [0.3, 0.4) is 0 Å². The molecule has 162 valence electrons. The minimum absolute atomic E-state index is 0.0824. The molecule has 2 saturated heterocycles. The monoisotopic (exact) mass is 421 g/mol. The fourth-order valence-corrected chi connectivity index (χ4v) is 4.26. The predicted molar refractivity (Wildman–Crippen MR) is 117 cm³/mol. The number of nitrogens with zero attached hydrogens (tertiary/aromatic N) is 1. The highest BCUT2D eigenvalue weighted by Crippen LogP contribution is 2.43. The normalized spacial score (nSPS) is 22.8. The van der Waals surface area contributed by atoms with Crippen molar-refractivity contribution in [2.24, 2.45) is 0 Å². The number of benzene rings is 2. The topological polar surface area (TPSA) is 76.1 Å². The number of amides is 1. The molecule has 0 radical (unpaired) electrons. The molecule has 0 saturated carbocycles. The third-order valence-electron chi connectivity index (χ3n) is 5.80. The summed E-state index contributed by atoms with van der Waals surface area (Å²) < 4.78 is 11.5. The van der Waals surface area contributed by atoms with Gasteiger partial charge in [-0.3, -0.25) is 9.59 Å². The van der Waals surface area contributed by atoms with Crippen molar-refractivity contribution in [3.8, 4) is 5.75 Å². The number of para-hydroxylation sites is 1. The molecule has 0 aliphatic carbocycles. The van der Waals surface area contributed by atoms with Gasteiger partial charge in [0.1, 0.15) is 11.5 Å². The lowest BCUT2D eigenvalue weighted by Gasteiger charge is -2.28. The number of aliphatic hydroxyl groups is 1. The molecule has 31 heavy (non-hydrogen) atoms. The lowest BCUT2D eigenvalue weighted by molar-refractivity contribution is -0.140. The molecule has 1 amide bonds. The summed E-state index contributed by atoms with van der Waals surface area (Å²) in [5.41, 5.74) is 2.29. The average molecular weight is 421 g/mol. The number of ether oxygens (including phenoxy) is 2. The Labute approximate surface area is 182 Å². The Hall–Kier alpha value is -3.12. The van der Waals surface area contributed by atoms with E-state index in [-0.39, 0.29) is 17.4 Å². The molecule has 4 rings (SSSR count). The average Bonchev–Trinajstić information content (AvgIpc) is 3.37. The van der Waals surface area contributed by atoms with Crippen LogP contribution in [-0.4, -0.2) is 47.6 Å². The first-order valence-electron chi connectivity index (χ1n) is 10.7. The molecule has 2 unspecified atom stereocenters. The van der Waals surface area contributed by atoms with E-state index in [0.29, 0.717) is 36.6 Å². The van der Waals surface area contributed by atoms with Crippen molar-refractivity contribution in [1.29, 1.82) is 0 Å². The van der Waals surface area contributed by atoms with Crippen molar-refractivity contribution in [3.05, 3.63) is 70.8 Å². The van der Waals surface area contributed by atoms with Gasteiger partial charge < -0.3 is 19.5 Å². The lowest BCUT2D eigenvalue weighted by Crippen LogP contribution is -2.36. The van der Waals surface area contributed by atoms with Crippen LogP contribution >= 0.6 is 0 Å². The van der Waals surface area contributed by atoms with Crippen molar-refractivity contribution in [1.82, 2.24) is 4.90 Å². The molecule has 2 aliphatic heterocycles. The number of likely N-dealkylation sites (tertiary alicyclic amines) is 1. The zero-order valence-electron chi connectivity index (χ0n) is 17.8.